The lowest BCUT2D eigenvalue weighted by molar-refractivity contribution is -0.849. The van der Waals surface area contributed by atoms with Crippen molar-refractivity contribution < 1.29 is 53.8 Å². The monoisotopic (exact) mass is 1070 g/mol. The Hall–Kier alpha value is 0.299. The Morgan fingerprint density at radius 3 is 0.0694 bits per heavy atom. The standard InChI is InChI=1S/12C4H12N.12BH4/c12*1-5(2,3)4;;;;;;;;;;;;/h12*1-4H3;12*1H4/q12*+1;12*-1. The molecule has 0 saturated heterocycles. The summed E-state index contributed by atoms with van der Waals surface area (Å²) in [6, 6.07) is 0. The van der Waals surface area contributed by atoms with Crippen LogP contribution in [0.15, 0.2) is 0 Å². The number of hydrogen-bond donors (Lipinski definition) is 0. The summed E-state index contributed by atoms with van der Waals surface area (Å²) >= 11 is 0. The van der Waals surface area contributed by atoms with Crippen molar-refractivity contribution >= 4 is 101 Å². The molecule has 0 radical (unpaired) electrons. The fourth-order valence-electron chi connectivity index (χ4n) is 0. The van der Waals surface area contributed by atoms with Gasteiger partial charge in [-0.05, 0) is 0 Å². The van der Waals surface area contributed by atoms with Gasteiger partial charge >= 0.3 is 0 Å². The van der Waals surface area contributed by atoms with Gasteiger partial charge in [-0.1, -0.05) is 101 Å². The van der Waals surface area contributed by atoms with E-state index in [1.54, 1.807) is 0 Å². The lowest BCUT2D eigenvalue weighted by Crippen LogP contribution is -2.27. The van der Waals surface area contributed by atoms with Gasteiger partial charge in [-0.25, -0.2) is 0 Å². The summed E-state index contributed by atoms with van der Waals surface area (Å²) in [5.74, 6) is 0. The molecule has 0 aliphatic rings. The fraction of sp³-hybridized carbons (Fsp3) is 1.00. The first-order valence-electron chi connectivity index (χ1n) is 21.5. The third-order valence-electron chi connectivity index (χ3n) is 0. The molecule has 480 valence electrons. The minimum absolute atomic E-state index is 0. The highest BCUT2D eigenvalue weighted by molar-refractivity contribution is 5.77. The maximum atomic E-state index is 2.12. The van der Waals surface area contributed by atoms with Crippen LogP contribution in [0.25, 0.3) is 0 Å². The molecule has 0 heterocycles. The molecule has 0 aromatic rings. The largest absolute Gasteiger partial charge is 0.333 e. The van der Waals surface area contributed by atoms with Crippen molar-refractivity contribution in [2.45, 2.75) is 0 Å². The molecule has 0 aromatic heterocycles. The van der Waals surface area contributed by atoms with Crippen LogP contribution < -0.4 is 0 Å². The number of nitrogens with zero attached hydrogens (tertiary/aromatic N) is 12. The van der Waals surface area contributed by atoms with Crippen molar-refractivity contribution in [1.82, 2.24) is 0 Å². The predicted molar refractivity (Wildman–Crippen MR) is 423 cm³/mol. The van der Waals surface area contributed by atoms with Crippen molar-refractivity contribution in [3.05, 3.63) is 0 Å². The SMILES string of the molecule is C[N+](C)(C)C.C[N+](C)(C)C.C[N+](C)(C)C.C[N+](C)(C)C.C[N+](C)(C)C.C[N+](C)(C)C.C[N+](C)(C)C.C[N+](C)(C)C.C[N+](C)(C)C.C[N+](C)(C)C.C[N+](C)(C)C.C[N+](C)(C)C.[BH4-].[BH4-].[BH4-].[BH4-].[BH4-].[BH4-].[BH4-].[BH4-].[BH4-].[BH4-].[BH4-].[BH4-]. The van der Waals surface area contributed by atoms with Crippen LogP contribution >= 0.6 is 0 Å². The Morgan fingerprint density at radius 2 is 0.0694 bits per heavy atom. The van der Waals surface area contributed by atoms with Gasteiger partial charge in [0.1, 0.15) is 0 Å². The molecule has 72 heavy (non-hydrogen) atoms. The minimum Gasteiger partial charge on any atom is -0.333 e. The van der Waals surface area contributed by atoms with Crippen molar-refractivity contribution in [2.24, 2.45) is 0 Å². The Bertz CT molecular complexity index is 534. The normalized spacial score (nSPS) is 10.0. The van der Waals surface area contributed by atoms with Crippen LogP contribution in [0.5, 0.6) is 0 Å². The third-order valence-corrected chi connectivity index (χ3v) is 0. The van der Waals surface area contributed by atoms with Gasteiger partial charge in [0.15, 0.2) is 0 Å². The zero-order valence-electron chi connectivity index (χ0n) is 53.4. The molecule has 0 bridgehead atoms. The zero-order chi connectivity index (χ0) is 54.0. The van der Waals surface area contributed by atoms with Gasteiger partial charge in [0.2, 0.25) is 0 Å². The Labute approximate surface area is 490 Å². The Kier molecular flexibility index (Phi) is 148. The van der Waals surface area contributed by atoms with E-state index in [9.17, 15) is 0 Å². The smallest absolute Gasteiger partial charge is 0.0675 e. The van der Waals surface area contributed by atoms with E-state index in [1.165, 1.54) is 0 Å². The maximum Gasteiger partial charge on any atom is 0.0675 e. The van der Waals surface area contributed by atoms with E-state index < -0.39 is 0 Å². The van der Waals surface area contributed by atoms with Crippen LogP contribution in [0.2, 0.25) is 0 Å². The zero-order valence-corrected chi connectivity index (χ0v) is 53.4. The highest BCUT2D eigenvalue weighted by Gasteiger charge is 1.93. The molecule has 0 aliphatic heterocycles. The molecule has 0 amide bonds. The second-order valence-corrected chi connectivity index (χ2v) is 32.2. The van der Waals surface area contributed by atoms with Crippen molar-refractivity contribution in [3.8, 4) is 0 Å². The van der Waals surface area contributed by atoms with Crippen LogP contribution in [0.3, 0.4) is 0 Å². The summed E-state index contributed by atoms with van der Waals surface area (Å²) in [6.45, 7) is 0. The third kappa shape index (κ3) is 3770000. The quantitative estimate of drug-likeness (QED) is 0.168. The number of rotatable bonds is 0. The first-order valence-corrected chi connectivity index (χ1v) is 21.5. The van der Waals surface area contributed by atoms with Gasteiger partial charge in [-0.2, -0.15) is 0 Å². The van der Waals surface area contributed by atoms with Gasteiger partial charge in [0, 0.05) is 0 Å². The molecule has 24 heteroatoms. The highest BCUT2D eigenvalue weighted by Crippen LogP contribution is 1.78. The summed E-state index contributed by atoms with van der Waals surface area (Å²) in [7, 11) is 102. The van der Waals surface area contributed by atoms with Crippen LogP contribution in [0.1, 0.15) is 0 Å². The molecule has 0 atom stereocenters. The molecule has 0 spiro atoms. The summed E-state index contributed by atoms with van der Waals surface area (Å²) in [5.41, 5.74) is 0. The van der Waals surface area contributed by atoms with Crippen molar-refractivity contribution in [2.75, 3.05) is 338 Å². The topological polar surface area (TPSA) is 0 Å². The Morgan fingerprint density at radius 1 is 0.0694 bits per heavy atom. The highest BCUT2D eigenvalue weighted by atomic mass is 15.3. The molecule has 0 unspecified atom stereocenters. The summed E-state index contributed by atoms with van der Waals surface area (Å²) in [5, 5.41) is 0. The molecule has 0 saturated carbocycles. The van der Waals surface area contributed by atoms with E-state index in [0.29, 0.717) is 0 Å². The van der Waals surface area contributed by atoms with Crippen LogP contribution in [0.4, 0.5) is 0 Å². The minimum atomic E-state index is 0. The second-order valence-electron chi connectivity index (χ2n) is 32.2. The number of quaternary nitrogens is 12. The van der Waals surface area contributed by atoms with Gasteiger partial charge in [-0.15, -0.1) is 0 Å². The molecular weight excluding hydrogens is 874 g/mol. The van der Waals surface area contributed by atoms with E-state index in [-0.39, 0.29) is 101 Å². The summed E-state index contributed by atoms with van der Waals surface area (Å²) in [6.07, 6.45) is 0. The first-order chi connectivity index (χ1) is 24.0. The molecule has 12 nitrogen and oxygen atoms in total. The van der Waals surface area contributed by atoms with Crippen LogP contribution in [-0.4, -0.2) is 493 Å². The number of hydrogen-bond acceptors (Lipinski definition) is 0. The average molecular weight is 1070 g/mol. The predicted octanol–water partition coefficient (Wildman–Crippen LogP) is -13.6. The van der Waals surface area contributed by atoms with E-state index in [4.69, 9.17) is 0 Å². The second kappa shape index (κ2) is 67.4. The lowest BCUT2D eigenvalue weighted by Gasteiger charge is -2.14. The summed E-state index contributed by atoms with van der Waals surface area (Å²) < 4.78 is 12.0. The van der Waals surface area contributed by atoms with Gasteiger partial charge in [-0.3, -0.25) is 0 Å². The first kappa shape index (κ1) is 158. The molecule has 0 aliphatic carbocycles. The maximum absolute atomic E-state index is 2.12. The van der Waals surface area contributed by atoms with Gasteiger partial charge in [0.25, 0.3) is 0 Å². The van der Waals surface area contributed by atoms with E-state index in [1.807, 2.05) is 0 Å². The van der Waals surface area contributed by atoms with Gasteiger partial charge in [0.05, 0.1) is 338 Å². The Balaban J connectivity index is -0.0000000156. The van der Waals surface area contributed by atoms with Crippen LogP contribution in [-0.2, 0) is 0 Å². The molecular formula is C48H192B12N12. The molecule has 0 rings (SSSR count). The van der Waals surface area contributed by atoms with E-state index in [0.717, 1.165) is 53.8 Å². The molecule has 0 fully saturated rings. The fourth-order valence-corrected chi connectivity index (χ4v) is 0. The van der Waals surface area contributed by atoms with Gasteiger partial charge < -0.3 is 53.8 Å². The van der Waals surface area contributed by atoms with Crippen LogP contribution in [0, 0.1) is 0 Å². The molecule has 0 N–H and O–H groups in total. The van der Waals surface area contributed by atoms with E-state index >= 15 is 0 Å². The van der Waals surface area contributed by atoms with Crippen molar-refractivity contribution in [1.29, 1.82) is 0 Å². The lowest BCUT2D eigenvalue weighted by atomic mass is 10.8. The van der Waals surface area contributed by atoms with Crippen molar-refractivity contribution in [3.63, 3.8) is 0 Å². The average Bonchev–Trinajstić information content (AvgIpc) is 2.48. The summed E-state index contributed by atoms with van der Waals surface area (Å²) in [4.78, 5) is 0. The van der Waals surface area contributed by atoms with E-state index in [2.05, 4.69) is 338 Å². The molecule has 0 aromatic carbocycles.